The molecule has 4 N–H and O–H groups in total. The number of benzene rings is 2. The van der Waals surface area contributed by atoms with Crippen LogP contribution in [0, 0.1) is 0 Å². The first-order valence-corrected chi connectivity index (χ1v) is 9.85. The first kappa shape index (κ1) is 23.1. The molecule has 33 heavy (non-hydrogen) atoms. The highest BCUT2D eigenvalue weighted by atomic mass is 16.5. The Balaban J connectivity index is 1.73. The van der Waals surface area contributed by atoms with Gasteiger partial charge in [0, 0.05) is 12.2 Å². The first-order chi connectivity index (χ1) is 15.9. The molecule has 2 aromatic carbocycles. The maximum Gasteiger partial charge on any atom is 0.339 e. The number of aryl methyl sites for hydroxylation is 1. The highest BCUT2D eigenvalue weighted by Gasteiger charge is 2.13. The second-order valence-corrected chi connectivity index (χ2v) is 6.78. The van der Waals surface area contributed by atoms with Crippen molar-refractivity contribution in [3.8, 4) is 17.4 Å². The molecule has 0 saturated heterocycles. The highest BCUT2D eigenvalue weighted by Crippen LogP contribution is 2.27. The molecule has 1 heterocycles. The summed E-state index contributed by atoms with van der Waals surface area (Å²) in [5, 5.41) is 16.7. The summed E-state index contributed by atoms with van der Waals surface area (Å²) < 4.78 is 11.5. The number of anilines is 1. The number of aromatic nitrogens is 2. The lowest BCUT2D eigenvalue weighted by Crippen LogP contribution is -2.33. The summed E-state index contributed by atoms with van der Waals surface area (Å²) in [5.74, 6) is 0.520. The Morgan fingerprint density at radius 1 is 1.12 bits per heavy atom. The van der Waals surface area contributed by atoms with Crippen LogP contribution in [0.15, 0.2) is 63.2 Å². The molecule has 3 aromatic rings. The van der Waals surface area contributed by atoms with E-state index in [4.69, 9.17) is 9.47 Å². The highest BCUT2D eigenvalue weighted by molar-refractivity contribution is 5.90. The number of carbonyl (C=O) groups excluding carboxylic acids is 1. The van der Waals surface area contributed by atoms with Crippen LogP contribution in [0.2, 0.25) is 0 Å². The summed E-state index contributed by atoms with van der Waals surface area (Å²) in [4.78, 5) is 38.4. The van der Waals surface area contributed by atoms with E-state index in [9.17, 15) is 19.5 Å². The third-order valence-corrected chi connectivity index (χ3v) is 4.67. The first-order valence-electron chi connectivity index (χ1n) is 9.85. The van der Waals surface area contributed by atoms with Gasteiger partial charge in [0.25, 0.3) is 5.56 Å². The molecule has 1 aromatic heterocycles. The monoisotopic (exact) mass is 453 g/mol. The van der Waals surface area contributed by atoms with Gasteiger partial charge >= 0.3 is 11.7 Å². The van der Waals surface area contributed by atoms with Crippen LogP contribution in [0.4, 0.5) is 10.5 Å². The van der Waals surface area contributed by atoms with Gasteiger partial charge in [0.05, 0.1) is 20.4 Å². The van der Waals surface area contributed by atoms with E-state index in [1.165, 1.54) is 14.2 Å². The summed E-state index contributed by atoms with van der Waals surface area (Å²) in [7, 11) is 3.04. The van der Waals surface area contributed by atoms with Crippen LogP contribution in [-0.4, -0.2) is 41.1 Å². The number of aromatic amines is 1. The summed E-state index contributed by atoms with van der Waals surface area (Å²) in [6, 6.07) is 13.3. The van der Waals surface area contributed by atoms with Crippen molar-refractivity contribution in [2.75, 3.05) is 19.5 Å². The zero-order valence-electron chi connectivity index (χ0n) is 18.0. The van der Waals surface area contributed by atoms with Gasteiger partial charge in [-0.05, 0) is 36.2 Å². The molecule has 11 heteroatoms. The normalized spacial score (nSPS) is 10.7. The van der Waals surface area contributed by atoms with Crippen molar-refractivity contribution in [2.24, 2.45) is 5.10 Å². The third kappa shape index (κ3) is 5.79. The number of amides is 2. The Kier molecular flexibility index (Phi) is 7.47. The maximum absolute atomic E-state index is 12.2. The summed E-state index contributed by atoms with van der Waals surface area (Å²) in [6.07, 6.45) is 1.32. The van der Waals surface area contributed by atoms with E-state index in [1.807, 2.05) is 0 Å². The van der Waals surface area contributed by atoms with Crippen molar-refractivity contribution < 1.29 is 19.4 Å². The van der Waals surface area contributed by atoms with Gasteiger partial charge in [0.2, 0.25) is 5.88 Å². The standard InChI is InChI=1S/C22H23N5O6/c1-32-17-9-8-14(12-18(17)33-2)10-11-27-20(29)16(19(28)25-22(27)31)13-23-26-21(30)24-15-6-4-3-5-7-15/h3-9,12-13,29H,10-11H2,1-2H3,(H2,24,26,30)(H,25,28,31). The Morgan fingerprint density at radius 3 is 2.55 bits per heavy atom. The Labute approximate surface area is 188 Å². The number of aromatic hydroxyl groups is 1. The zero-order valence-corrected chi connectivity index (χ0v) is 18.0. The molecule has 0 aliphatic carbocycles. The number of carbonyl (C=O) groups is 1. The topological polar surface area (TPSA) is 147 Å². The van der Waals surface area contributed by atoms with Crippen molar-refractivity contribution in [3.05, 3.63) is 80.5 Å². The van der Waals surface area contributed by atoms with E-state index < -0.39 is 23.2 Å². The molecule has 3 rings (SSSR count). The molecule has 0 aliphatic rings. The average molecular weight is 453 g/mol. The number of methoxy groups -OCH3 is 2. The molecule has 2 amide bonds. The minimum atomic E-state index is -0.839. The minimum absolute atomic E-state index is 0.0691. The molecule has 0 spiro atoms. The molecule has 0 unspecified atom stereocenters. The number of hydrazone groups is 1. The molecule has 0 bridgehead atoms. The van der Waals surface area contributed by atoms with Crippen LogP contribution in [-0.2, 0) is 13.0 Å². The number of nitrogens with one attached hydrogen (secondary N) is 3. The van der Waals surface area contributed by atoms with Crippen molar-refractivity contribution >= 4 is 17.9 Å². The van der Waals surface area contributed by atoms with E-state index in [2.05, 4.69) is 20.8 Å². The van der Waals surface area contributed by atoms with Gasteiger partial charge in [0.1, 0.15) is 5.56 Å². The van der Waals surface area contributed by atoms with E-state index in [-0.39, 0.29) is 12.1 Å². The zero-order chi connectivity index (χ0) is 23.8. The average Bonchev–Trinajstić information content (AvgIpc) is 2.81. The SMILES string of the molecule is COc1ccc(CCn2c(O)c(C=NNC(=O)Nc3ccccc3)c(=O)[nH]c2=O)cc1OC. The predicted octanol–water partition coefficient (Wildman–Crippen LogP) is 1.66. The Hall–Kier alpha value is -4.54. The van der Waals surface area contributed by atoms with Crippen molar-refractivity contribution in [1.29, 1.82) is 0 Å². The Bertz CT molecular complexity index is 1270. The molecule has 0 aliphatic heterocycles. The second-order valence-electron chi connectivity index (χ2n) is 6.78. The van der Waals surface area contributed by atoms with Crippen LogP contribution in [0.3, 0.4) is 0 Å². The summed E-state index contributed by atoms with van der Waals surface area (Å²) >= 11 is 0. The van der Waals surface area contributed by atoms with Gasteiger partial charge in [-0.15, -0.1) is 0 Å². The quantitative estimate of drug-likeness (QED) is 0.301. The molecular weight excluding hydrogens is 430 g/mol. The van der Waals surface area contributed by atoms with Gasteiger partial charge in [-0.1, -0.05) is 24.3 Å². The summed E-state index contributed by atoms with van der Waals surface area (Å²) in [5.41, 5.74) is 1.67. The molecule has 0 radical (unpaired) electrons. The molecule has 172 valence electrons. The number of urea groups is 1. The third-order valence-electron chi connectivity index (χ3n) is 4.67. The molecule has 0 atom stereocenters. The lowest BCUT2D eigenvalue weighted by molar-refractivity contribution is 0.252. The number of H-pyrrole nitrogens is 1. The fourth-order valence-corrected chi connectivity index (χ4v) is 3.01. The van der Waals surface area contributed by atoms with Crippen LogP contribution in [0.1, 0.15) is 11.1 Å². The van der Waals surface area contributed by atoms with Gasteiger partial charge in [-0.2, -0.15) is 5.10 Å². The summed E-state index contributed by atoms with van der Waals surface area (Å²) in [6.45, 7) is 0.0691. The van der Waals surface area contributed by atoms with Crippen molar-refractivity contribution in [3.63, 3.8) is 0 Å². The smallest absolute Gasteiger partial charge is 0.339 e. The van der Waals surface area contributed by atoms with Crippen molar-refractivity contribution in [2.45, 2.75) is 13.0 Å². The van der Waals surface area contributed by atoms with Gasteiger partial charge in [-0.3, -0.25) is 14.3 Å². The molecule has 0 fully saturated rings. The fourth-order valence-electron chi connectivity index (χ4n) is 3.01. The number of hydrogen-bond acceptors (Lipinski definition) is 7. The largest absolute Gasteiger partial charge is 0.494 e. The van der Waals surface area contributed by atoms with Crippen molar-refractivity contribution in [1.82, 2.24) is 15.0 Å². The number of rotatable bonds is 8. The fraction of sp³-hybridized carbons (Fsp3) is 0.182. The minimum Gasteiger partial charge on any atom is -0.494 e. The van der Waals surface area contributed by atoms with Crippen LogP contribution < -0.4 is 31.5 Å². The number of nitrogens with zero attached hydrogens (tertiary/aromatic N) is 2. The lowest BCUT2D eigenvalue weighted by atomic mass is 10.1. The van der Waals surface area contributed by atoms with E-state index in [0.717, 1.165) is 16.3 Å². The molecule has 11 nitrogen and oxygen atoms in total. The lowest BCUT2D eigenvalue weighted by Gasteiger charge is -2.12. The number of ether oxygens (including phenoxy) is 2. The van der Waals surface area contributed by atoms with Crippen LogP contribution >= 0.6 is 0 Å². The van der Waals surface area contributed by atoms with Crippen LogP contribution in [0.25, 0.3) is 0 Å². The number of para-hydroxylation sites is 1. The van der Waals surface area contributed by atoms with Crippen LogP contribution in [0.5, 0.6) is 17.4 Å². The molecular formula is C22H23N5O6. The Morgan fingerprint density at radius 2 is 1.85 bits per heavy atom. The van der Waals surface area contributed by atoms with Gasteiger partial charge in [0.15, 0.2) is 11.5 Å². The van der Waals surface area contributed by atoms with E-state index in [0.29, 0.717) is 23.6 Å². The van der Waals surface area contributed by atoms with Gasteiger partial charge in [-0.25, -0.2) is 15.0 Å². The maximum atomic E-state index is 12.2. The van der Waals surface area contributed by atoms with E-state index >= 15 is 0 Å². The second kappa shape index (κ2) is 10.7. The number of hydrogen-bond donors (Lipinski definition) is 4. The van der Waals surface area contributed by atoms with Gasteiger partial charge < -0.3 is 19.9 Å². The van der Waals surface area contributed by atoms with E-state index in [1.54, 1.807) is 48.5 Å². The predicted molar refractivity (Wildman–Crippen MR) is 122 cm³/mol. The molecule has 0 saturated carbocycles.